The lowest BCUT2D eigenvalue weighted by Gasteiger charge is -2.40. The van der Waals surface area contributed by atoms with Crippen LogP contribution >= 0.6 is 0 Å². The van der Waals surface area contributed by atoms with Crippen molar-refractivity contribution in [3.05, 3.63) is 94.3 Å². The summed E-state index contributed by atoms with van der Waals surface area (Å²) < 4.78 is 0. The fraction of sp³-hybridized carbons (Fsp3) is 0.406. The molecule has 0 saturated carbocycles. The maximum absolute atomic E-state index is 13.6. The molecule has 2 aromatic carbocycles. The quantitative estimate of drug-likeness (QED) is 0.523. The Morgan fingerprint density at radius 1 is 0.947 bits per heavy atom. The summed E-state index contributed by atoms with van der Waals surface area (Å²) in [7, 11) is 0. The molecule has 0 radical (unpaired) electrons. The summed E-state index contributed by atoms with van der Waals surface area (Å²) in [5, 5.41) is 3.26. The summed E-state index contributed by atoms with van der Waals surface area (Å²) in [6.45, 7) is 7.65. The summed E-state index contributed by atoms with van der Waals surface area (Å²) in [6, 6.07) is 16.1. The van der Waals surface area contributed by atoms with Gasteiger partial charge in [0, 0.05) is 55.4 Å². The van der Waals surface area contributed by atoms with Gasteiger partial charge in [0.15, 0.2) is 0 Å². The summed E-state index contributed by atoms with van der Waals surface area (Å²) in [6.07, 6.45) is 8.78. The number of piperidine rings is 1. The molecule has 6 heteroatoms. The van der Waals surface area contributed by atoms with E-state index < -0.39 is 0 Å². The SMILES string of the molecule is Cc1cccc(C)c1C(=O)N[C@@H]1CCc2ccc(C(=O)N3CCC4(CCN(c5ccncc5)CC4)C3)cc21. The molecule has 3 aliphatic rings. The molecule has 2 saturated heterocycles. The van der Waals surface area contributed by atoms with E-state index in [1.165, 1.54) is 11.3 Å². The highest BCUT2D eigenvalue weighted by Crippen LogP contribution is 2.42. The first-order valence-corrected chi connectivity index (χ1v) is 13.9. The zero-order valence-electron chi connectivity index (χ0n) is 22.4. The molecular weight excluding hydrogens is 472 g/mol. The molecule has 6 rings (SSSR count). The third-order valence-electron chi connectivity index (χ3n) is 9.06. The van der Waals surface area contributed by atoms with Crippen LogP contribution in [0.3, 0.4) is 0 Å². The number of hydrogen-bond donors (Lipinski definition) is 1. The number of nitrogens with zero attached hydrogens (tertiary/aromatic N) is 3. The van der Waals surface area contributed by atoms with Crippen LogP contribution in [0.15, 0.2) is 60.9 Å². The number of carbonyl (C=O) groups is 2. The Bertz CT molecular complexity index is 1340. The molecule has 3 aromatic rings. The number of aromatic nitrogens is 1. The number of nitrogens with one attached hydrogen (secondary N) is 1. The van der Waals surface area contributed by atoms with Crippen LogP contribution in [0, 0.1) is 19.3 Å². The molecule has 0 bridgehead atoms. The molecule has 38 heavy (non-hydrogen) atoms. The molecular formula is C32H36N4O2. The fourth-order valence-electron chi connectivity index (χ4n) is 6.78. The van der Waals surface area contributed by atoms with Crippen molar-refractivity contribution in [1.82, 2.24) is 15.2 Å². The summed E-state index contributed by atoms with van der Waals surface area (Å²) in [5.41, 5.74) is 7.24. The number of carbonyl (C=O) groups excluding carboxylic acids is 2. The minimum Gasteiger partial charge on any atom is -0.371 e. The molecule has 2 fully saturated rings. The van der Waals surface area contributed by atoms with Gasteiger partial charge >= 0.3 is 0 Å². The molecule has 1 spiro atoms. The number of amides is 2. The summed E-state index contributed by atoms with van der Waals surface area (Å²) >= 11 is 0. The van der Waals surface area contributed by atoms with E-state index in [0.717, 1.165) is 86.1 Å². The van der Waals surface area contributed by atoms with Gasteiger partial charge in [-0.15, -0.1) is 0 Å². The molecule has 0 unspecified atom stereocenters. The summed E-state index contributed by atoms with van der Waals surface area (Å²) in [5.74, 6) is 0.0859. The number of aryl methyl sites for hydroxylation is 3. The number of hydrogen-bond acceptors (Lipinski definition) is 4. The minimum atomic E-state index is -0.0632. The standard InChI is InChI=1S/C32H36N4O2/c1-22-4-3-5-23(2)29(22)30(37)34-28-9-8-24-6-7-25(20-27(24)28)31(38)36-19-14-32(21-36)12-17-35(18-13-32)26-10-15-33-16-11-26/h3-7,10-11,15-16,20,28H,8-9,12-14,17-19,21H2,1-2H3,(H,34,37)/t28-/m1/s1. The van der Waals surface area contributed by atoms with Crippen LogP contribution in [0.5, 0.6) is 0 Å². The number of anilines is 1. The van der Waals surface area contributed by atoms with Gasteiger partial charge in [-0.2, -0.15) is 0 Å². The third-order valence-corrected chi connectivity index (χ3v) is 9.06. The molecule has 1 aliphatic carbocycles. The first kappa shape index (κ1) is 24.7. The van der Waals surface area contributed by atoms with E-state index in [4.69, 9.17) is 0 Å². The molecule has 196 valence electrons. The van der Waals surface area contributed by atoms with Crippen LogP contribution < -0.4 is 10.2 Å². The van der Waals surface area contributed by atoms with Crippen molar-refractivity contribution < 1.29 is 9.59 Å². The Morgan fingerprint density at radius 3 is 2.39 bits per heavy atom. The second kappa shape index (κ2) is 9.90. The normalized spacial score (nSPS) is 20.0. The van der Waals surface area contributed by atoms with E-state index >= 15 is 0 Å². The predicted octanol–water partition coefficient (Wildman–Crippen LogP) is 5.25. The van der Waals surface area contributed by atoms with Crippen molar-refractivity contribution in [2.45, 2.75) is 52.0 Å². The largest absolute Gasteiger partial charge is 0.371 e. The van der Waals surface area contributed by atoms with Gasteiger partial charge in [-0.25, -0.2) is 0 Å². The molecule has 3 heterocycles. The van der Waals surface area contributed by atoms with Gasteiger partial charge < -0.3 is 15.1 Å². The smallest absolute Gasteiger partial charge is 0.253 e. The van der Waals surface area contributed by atoms with Gasteiger partial charge in [-0.3, -0.25) is 14.6 Å². The zero-order valence-corrected chi connectivity index (χ0v) is 22.4. The van der Waals surface area contributed by atoms with Crippen LogP contribution in [0.1, 0.15) is 74.7 Å². The van der Waals surface area contributed by atoms with Crippen LogP contribution in [-0.4, -0.2) is 47.9 Å². The topological polar surface area (TPSA) is 65.5 Å². The number of pyridine rings is 1. The molecule has 6 nitrogen and oxygen atoms in total. The van der Waals surface area contributed by atoms with E-state index in [9.17, 15) is 9.59 Å². The second-order valence-electron chi connectivity index (χ2n) is 11.4. The Kier molecular flexibility index (Phi) is 6.42. The van der Waals surface area contributed by atoms with Crippen molar-refractivity contribution in [3.63, 3.8) is 0 Å². The monoisotopic (exact) mass is 508 g/mol. The number of rotatable bonds is 4. The van der Waals surface area contributed by atoms with Crippen LogP contribution in [0.4, 0.5) is 5.69 Å². The van der Waals surface area contributed by atoms with Crippen molar-refractivity contribution in [1.29, 1.82) is 0 Å². The van der Waals surface area contributed by atoms with Gasteiger partial charge in [0.1, 0.15) is 0 Å². The van der Waals surface area contributed by atoms with Gasteiger partial charge in [0.2, 0.25) is 0 Å². The van der Waals surface area contributed by atoms with E-state index in [2.05, 4.69) is 38.3 Å². The Hall–Kier alpha value is -3.67. The highest BCUT2D eigenvalue weighted by atomic mass is 16.2. The average Bonchev–Trinajstić information content (AvgIpc) is 3.53. The third kappa shape index (κ3) is 4.57. The van der Waals surface area contributed by atoms with Gasteiger partial charge in [0.05, 0.1) is 6.04 Å². The lowest BCUT2D eigenvalue weighted by atomic mass is 9.77. The highest BCUT2D eigenvalue weighted by Gasteiger charge is 2.42. The maximum Gasteiger partial charge on any atom is 0.253 e. The van der Waals surface area contributed by atoms with E-state index in [1.807, 2.05) is 56.6 Å². The van der Waals surface area contributed by atoms with E-state index in [-0.39, 0.29) is 23.3 Å². The lowest BCUT2D eigenvalue weighted by Crippen LogP contribution is -2.42. The Labute approximate surface area is 225 Å². The van der Waals surface area contributed by atoms with Crippen molar-refractivity contribution in [3.8, 4) is 0 Å². The van der Waals surface area contributed by atoms with Crippen molar-refractivity contribution in [2.75, 3.05) is 31.1 Å². The maximum atomic E-state index is 13.6. The average molecular weight is 509 g/mol. The molecule has 2 aliphatic heterocycles. The molecule has 1 N–H and O–H groups in total. The first-order chi connectivity index (χ1) is 18.4. The van der Waals surface area contributed by atoms with Gasteiger partial charge in [-0.1, -0.05) is 24.3 Å². The molecule has 1 atom stereocenters. The second-order valence-corrected chi connectivity index (χ2v) is 11.4. The zero-order chi connectivity index (χ0) is 26.3. The minimum absolute atomic E-state index is 0.0326. The van der Waals surface area contributed by atoms with Crippen molar-refractivity contribution >= 4 is 17.5 Å². The van der Waals surface area contributed by atoms with Gasteiger partial charge in [-0.05, 0) is 97.9 Å². The number of benzene rings is 2. The highest BCUT2D eigenvalue weighted by molar-refractivity contribution is 5.97. The van der Waals surface area contributed by atoms with Crippen LogP contribution in [0.25, 0.3) is 0 Å². The number of likely N-dealkylation sites (tertiary alicyclic amines) is 1. The Balaban J connectivity index is 1.12. The first-order valence-electron chi connectivity index (χ1n) is 13.9. The number of fused-ring (bicyclic) bond motifs is 1. The molecule has 1 aromatic heterocycles. The fourth-order valence-corrected chi connectivity index (χ4v) is 6.78. The molecule has 2 amide bonds. The predicted molar refractivity (Wildman–Crippen MR) is 150 cm³/mol. The van der Waals surface area contributed by atoms with Gasteiger partial charge in [0.25, 0.3) is 11.8 Å². The van der Waals surface area contributed by atoms with E-state index in [0.29, 0.717) is 0 Å². The van der Waals surface area contributed by atoms with Crippen molar-refractivity contribution in [2.24, 2.45) is 5.41 Å². The lowest BCUT2D eigenvalue weighted by molar-refractivity contribution is 0.0764. The van der Waals surface area contributed by atoms with Crippen LogP contribution in [-0.2, 0) is 6.42 Å². The van der Waals surface area contributed by atoms with E-state index in [1.54, 1.807) is 0 Å². The van der Waals surface area contributed by atoms with Crippen LogP contribution in [0.2, 0.25) is 0 Å². The summed E-state index contributed by atoms with van der Waals surface area (Å²) in [4.78, 5) is 35.4. The Morgan fingerprint density at radius 2 is 1.66 bits per heavy atom.